The summed E-state index contributed by atoms with van der Waals surface area (Å²) in [6.07, 6.45) is 4.61. The van der Waals surface area contributed by atoms with E-state index in [2.05, 4.69) is 9.69 Å². The highest BCUT2D eigenvalue weighted by atomic mass is 35.5. The Morgan fingerprint density at radius 2 is 1.80 bits per heavy atom. The zero-order valence-corrected chi connectivity index (χ0v) is 23.5. The highest BCUT2D eigenvalue weighted by Gasteiger charge is 2.37. The van der Waals surface area contributed by atoms with Crippen molar-refractivity contribution in [1.29, 1.82) is 0 Å². The van der Waals surface area contributed by atoms with Gasteiger partial charge in [0, 0.05) is 11.7 Å². The third-order valence-electron chi connectivity index (χ3n) is 6.74. The van der Waals surface area contributed by atoms with Gasteiger partial charge >= 0.3 is 0 Å². The molecule has 3 amide bonds. The van der Waals surface area contributed by atoms with Gasteiger partial charge in [-0.05, 0) is 60.3 Å². The van der Waals surface area contributed by atoms with Gasteiger partial charge in [0.2, 0.25) is 5.91 Å². The molecule has 0 bridgehead atoms. The number of primary amides is 1. The molecule has 13 heteroatoms. The van der Waals surface area contributed by atoms with Crippen LogP contribution in [0.2, 0.25) is 5.02 Å². The summed E-state index contributed by atoms with van der Waals surface area (Å²) in [7, 11) is 2.93. The number of nitrogen functional groups attached to an aromatic ring is 1. The Balaban J connectivity index is 1.91. The van der Waals surface area contributed by atoms with Crippen LogP contribution in [0.25, 0.3) is 0 Å². The molecule has 212 valence electrons. The smallest absolute Gasteiger partial charge is 0.273 e. The average molecular weight is 590 g/mol. The van der Waals surface area contributed by atoms with Crippen LogP contribution in [0.1, 0.15) is 63.9 Å². The second kappa shape index (κ2) is 12.5. The molecule has 1 aliphatic rings. The molecule has 0 unspecified atom stereocenters. The van der Waals surface area contributed by atoms with E-state index >= 15 is 0 Å². The van der Waals surface area contributed by atoms with Crippen molar-refractivity contribution in [2.24, 2.45) is 5.73 Å². The van der Waals surface area contributed by atoms with Crippen LogP contribution < -0.4 is 31.2 Å². The van der Waals surface area contributed by atoms with E-state index in [0.717, 1.165) is 43.1 Å². The van der Waals surface area contributed by atoms with Crippen molar-refractivity contribution in [3.05, 3.63) is 63.4 Å². The molecule has 40 heavy (non-hydrogen) atoms. The number of carbonyl (C=O) groups is 3. The third-order valence-corrected chi connectivity index (χ3v) is 7.88. The lowest BCUT2D eigenvalue weighted by Gasteiger charge is -2.33. The minimum absolute atomic E-state index is 0.0902. The SMILES string of the molecule is COc1ccc([C@H](C(=O)NC2CCCCC2)N(C(=O)c2snc(C(N)=O)c2N)c2ccc(F)c(Cl)c2)cc1OC. The molecule has 3 aromatic rings. The molecule has 1 heterocycles. The van der Waals surface area contributed by atoms with Gasteiger partial charge < -0.3 is 26.3 Å². The van der Waals surface area contributed by atoms with Crippen LogP contribution >= 0.6 is 23.1 Å². The van der Waals surface area contributed by atoms with Gasteiger partial charge in [-0.15, -0.1) is 0 Å². The number of amides is 3. The Morgan fingerprint density at radius 1 is 1.10 bits per heavy atom. The fourth-order valence-corrected chi connectivity index (χ4v) is 5.64. The number of nitrogens with two attached hydrogens (primary N) is 2. The molecule has 0 radical (unpaired) electrons. The molecule has 0 saturated heterocycles. The number of anilines is 2. The predicted octanol–water partition coefficient (Wildman–Crippen LogP) is 4.47. The Bertz CT molecular complexity index is 1430. The number of ether oxygens (including phenoxy) is 2. The van der Waals surface area contributed by atoms with Gasteiger partial charge in [0.1, 0.15) is 16.7 Å². The Kier molecular flexibility index (Phi) is 9.10. The first-order chi connectivity index (χ1) is 19.2. The van der Waals surface area contributed by atoms with E-state index < -0.39 is 29.6 Å². The molecule has 1 aliphatic carbocycles. The van der Waals surface area contributed by atoms with Gasteiger partial charge in [0.05, 0.1) is 24.9 Å². The van der Waals surface area contributed by atoms with Crippen molar-refractivity contribution in [1.82, 2.24) is 9.69 Å². The Labute approximate surface area is 239 Å². The van der Waals surface area contributed by atoms with Crippen molar-refractivity contribution >= 4 is 52.2 Å². The minimum Gasteiger partial charge on any atom is -0.493 e. The number of carbonyl (C=O) groups excluding carboxylic acids is 3. The average Bonchev–Trinajstić information content (AvgIpc) is 3.34. The topological polar surface area (TPSA) is 150 Å². The number of halogens is 2. The van der Waals surface area contributed by atoms with Crippen LogP contribution in [0, 0.1) is 5.82 Å². The quantitative estimate of drug-likeness (QED) is 0.333. The molecule has 1 fully saturated rings. The van der Waals surface area contributed by atoms with Crippen LogP contribution in [-0.2, 0) is 4.79 Å². The molecule has 4 rings (SSSR count). The number of methoxy groups -OCH3 is 2. The summed E-state index contributed by atoms with van der Waals surface area (Å²) in [6, 6.07) is 7.11. The molecule has 1 aromatic heterocycles. The van der Waals surface area contributed by atoms with E-state index in [-0.39, 0.29) is 33.0 Å². The first-order valence-electron chi connectivity index (χ1n) is 12.5. The van der Waals surface area contributed by atoms with E-state index in [1.54, 1.807) is 18.2 Å². The van der Waals surface area contributed by atoms with Crippen molar-refractivity contribution in [2.75, 3.05) is 24.9 Å². The summed E-state index contributed by atoms with van der Waals surface area (Å²) in [4.78, 5) is 41.1. The van der Waals surface area contributed by atoms with Crippen LogP contribution in [0.15, 0.2) is 36.4 Å². The van der Waals surface area contributed by atoms with E-state index in [4.69, 9.17) is 32.5 Å². The van der Waals surface area contributed by atoms with E-state index in [1.807, 2.05) is 0 Å². The number of rotatable bonds is 9. The second-order valence-corrected chi connectivity index (χ2v) is 10.5. The van der Waals surface area contributed by atoms with Crippen molar-refractivity contribution in [3.8, 4) is 11.5 Å². The summed E-state index contributed by atoms with van der Waals surface area (Å²) < 4.78 is 28.9. The molecule has 1 saturated carbocycles. The van der Waals surface area contributed by atoms with E-state index in [0.29, 0.717) is 28.6 Å². The molecule has 0 spiro atoms. The Hall–Kier alpha value is -3.90. The second-order valence-electron chi connectivity index (χ2n) is 9.27. The molecule has 1 atom stereocenters. The molecular formula is C27H29ClFN5O5S. The summed E-state index contributed by atoms with van der Waals surface area (Å²) in [5.41, 5.74) is 11.5. The maximum Gasteiger partial charge on any atom is 0.273 e. The molecule has 0 aliphatic heterocycles. The molecule has 2 aromatic carbocycles. The largest absolute Gasteiger partial charge is 0.493 e. The van der Waals surface area contributed by atoms with Gasteiger partial charge in [-0.1, -0.05) is 36.9 Å². The van der Waals surface area contributed by atoms with Crippen LogP contribution in [0.3, 0.4) is 0 Å². The lowest BCUT2D eigenvalue weighted by molar-refractivity contribution is -0.123. The van der Waals surface area contributed by atoms with E-state index in [1.165, 1.54) is 26.4 Å². The highest BCUT2D eigenvalue weighted by molar-refractivity contribution is 7.09. The normalized spacial score (nSPS) is 14.3. The number of nitrogens with one attached hydrogen (secondary N) is 1. The first-order valence-corrected chi connectivity index (χ1v) is 13.7. The molecule has 10 nitrogen and oxygen atoms in total. The van der Waals surface area contributed by atoms with Crippen LogP contribution in [-0.4, -0.2) is 42.4 Å². The predicted molar refractivity (Wildman–Crippen MR) is 151 cm³/mol. The fourth-order valence-electron chi connectivity index (χ4n) is 4.72. The highest BCUT2D eigenvalue weighted by Crippen LogP contribution is 2.38. The summed E-state index contributed by atoms with van der Waals surface area (Å²) in [5.74, 6) is -2.11. The summed E-state index contributed by atoms with van der Waals surface area (Å²) in [6.45, 7) is 0. The number of hydrogen-bond donors (Lipinski definition) is 3. The van der Waals surface area contributed by atoms with Gasteiger partial charge in [0.15, 0.2) is 17.2 Å². The zero-order chi connectivity index (χ0) is 29.0. The van der Waals surface area contributed by atoms with Crippen molar-refractivity contribution in [2.45, 2.75) is 44.2 Å². The number of hydrogen-bond acceptors (Lipinski definition) is 8. The monoisotopic (exact) mass is 589 g/mol. The lowest BCUT2D eigenvalue weighted by atomic mass is 9.94. The first kappa shape index (κ1) is 29.1. The minimum atomic E-state index is -1.28. The molecular weight excluding hydrogens is 561 g/mol. The number of nitrogens with zero attached hydrogens (tertiary/aromatic N) is 2. The zero-order valence-electron chi connectivity index (χ0n) is 21.9. The van der Waals surface area contributed by atoms with E-state index in [9.17, 15) is 18.8 Å². The van der Waals surface area contributed by atoms with Crippen LogP contribution in [0.4, 0.5) is 15.8 Å². The fraction of sp³-hybridized carbons (Fsp3) is 0.333. The van der Waals surface area contributed by atoms with Gasteiger partial charge in [-0.25, -0.2) is 4.39 Å². The standard InChI is InChI=1S/C27H29ClFN5O5S/c1-38-19-11-8-14(12-20(19)39-2)23(26(36)32-15-6-4-3-5-7-15)34(16-9-10-18(29)17(28)13-16)27(37)24-21(30)22(25(31)35)33-40-24/h8-13,15,23H,3-7,30H2,1-2H3,(H2,31,35)(H,32,36)/t23-/m1/s1. The lowest BCUT2D eigenvalue weighted by Crippen LogP contribution is -2.47. The maximum absolute atomic E-state index is 14.2. The number of benzene rings is 2. The van der Waals surface area contributed by atoms with Gasteiger partial charge in [0.25, 0.3) is 11.8 Å². The van der Waals surface area contributed by atoms with Crippen molar-refractivity contribution < 1.29 is 28.2 Å². The summed E-state index contributed by atoms with van der Waals surface area (Å²) in [5, 5.41) is 2.81. The Morgan fingerprint density at radius 3 is 2.40 bits per heavy atom. The van der Waals surface area contributed by atoms with Gasteiger partial charge in [-0.3, -0.25) is 19.3 Å². The maximum atomic E-state index is 14.2. The van der Waals surface area contributed by atoms with Crippen molar-refractivity contribution in [3.63, 3.8) is 0 Å². The van der Waals surface area contributed by atoms with Crippen LogP contribution in [0.5, 0.6) is 11.5 Å². The number of aromatic nitrogens is 1. The molecule has 5 N–H and O–H groups in total. The summed E-state index contributed by atoms with van der Waals surface area (Å²) >= 11 is 6.78. The van der Waals surface area contributed by atoms with Gasteiger partial charge in [-0.2, -0.15) is 4.37 Å². The third kappa shape index (κ3) is 5.97.